The van der Waals surface area contributed by atoms with Crippen LogP contribution in [0.1, 0.15) is 76.8 Å². The quantitative estimate of drug-likeness (QED) is 0.334. The van der Waals surface area contributed by atoms with Crippen molar-refractivity contribution in [2.75, 3.05) is 6.54 Å². The van der Waals surface area contributed by atoms with Crippen molar-refractivity contribution in [3.8, 4) is 0 Å². The molecule has 41 heavy (non-hydrogen) atoms. The second-order valence-electron chi connectivity index (χ2n) is 11.0. The fourth-order valence-corrected chi connectivity index (χ4v) is 5.85. The lowest BCUT2D eigenvalue weighted by Gasteiger charge is -2.33. The van der Waals surface area contributed by atoms with Crippen molar-refractivity contribution in [3.05, 3.63) is 107 Å². The van der Waals surface area contributed by atoms with Gasteiger partial charge in [0, 0.05) is 32.0 Å². The van der Waals surface area contributed by atoms with E-state index in [0.29, 0.717) is 30.5 Å². The lowest BCUT2D eigenvalue weighted by molar-refractivity contribution is -0.141. The maximum atomic E-state index is 13.9. The minimum atomic E-state index is -0.689. The molecule has 212 valence electrons. The lowest BCUT2D eigenvalue weighted by atomic mass is 9.94. The predicted molar refractivity (Wildman–Crippen MR) is 157 cm³/mol. The van der Waals surface area contributed by atoms with Gasteiger partial charge in [-0.15, -0.1) is 0 Å². The molecular weight excluding hydrogens is 514 g/mol. The Bertz CT molecular complexity index is 1330. The van der Waals surface area contributed by atoms with Gasteiger partial charge in [-0.05, 0) is 42.5 Å². The number of hydrogen-bond donors (Lipinski definition) is 1. The summed E-state index contributed by atoms with van der Waals surface area (Å²) >= 11 is 0. The average Bonchev–Trinajstić information content (AvgIpc) is 3.25. The molecule has 1 fully saturated rings. The van der Waals surface area contributed by atoms with E-state index in [0.717, 1.165) is 36.8 Å². The first-order chi connectivity index (χ1) is 20.0. The largest absolute Gasteiger partial charge is 0.352 e. The summed E-state index contributed by atoms with van der Waals surface area (Å²) in [5.74, 6) is -0.962. The van der Waals surface area contributed by atoms with Gasteiger partial charge in [-0.25, -0.2) is 0 Å². The standard InChI is InChI=1S/C34H37N3O4/c38-31(21-12-22-36-33(40)28-19-10-11-20-29(28)34(36)41)37(24-26-15-6-2-7-16-26)30(23-25-13-4-1-5-14-25)32(39)35-27-17-8-3-9-18-27/h1-2,4-7,10-11,13-16,19-20,27,30H,3,8-9,12,17-18,21-24H2,(H,35,39)/t30-/m0/s1. The third-order valence-corrected chi connectivity index (χ3v) is 8.07. The highest BCUT2D eigenvalue weighted by Gasteiger charge is 2.35. The maximum Gasteiger partial charge on any atom is 0.261 e. The van der Waals surface area contributed by atoms with E-state index in [-0.39, 0.29) is 42.6 Å². The molecule has 0 aromatic heterocycles. The van der Waals surface area contributed by atoms with Gasteiger partial charge in [0.1, 0.15) is 6.04 Å². The van der Waals surface area contributed by atoms with E-state index in [1.165, 1.54) is 11.3 Å². The minimum absolute atomic E-state index is 0.113. The highest BCUT2D eigenvalue weighted by Crippen LogP contribution is 2.24. The van der Waals surface area contributed by atoms with Crippen LogP contribution in [0.2, 0.25) is 0 Å². The Hall–Kier alpha value is -4.26. The molecule has 1 aliphatic heterocycles. The van der Waals surface area contributed by atoms with Gasteiger partial charge in [-0.1, -0.05) is 92.1 Å². The van der Waals surface area contributed by atoms with Crippen molar-refractivity contribution in [2.45, 2.75) is 70.0 Å². The maximum absolute atomic E-state index is 13.9. The van der Waals surface area contributed by atoms with Crippen LogP contribution in [0.4, 0.5) is 0 Å². The predicted octanol–water partition coefficient (Wildman–Crippen LogP) is 5.15. The van der Waals surface area contributed by atoms with Crippen LogP contribution in [0.5, 0.6) is 0 Å². The third kappa shape index (κ3) is 6.91. The fraction of sp³-hybridized carbons (Fsp3) is 0.353. The van der Waals surface area contributed by atoms with E-state index in [9.17, 15) is 19.2 Å². The zero-order valence-corrected chi connectivity index (χ0v) is 23.3. The normalized spacial score (nSPS) is 15.9. The SMILES string of the molecule is O=C(NC1CCCCC1)[C@H](Cc1ccccc1)N(Cc1ccccc1)C(=O)CCCN1C(=O)c2ccccc2C1=O. The zero-order valence-electron chi connectivity index (χ0n) is 23.3. The average molecular weight is 552 g/mol. The number of carbonyl (C=O) groups is 4. The van der Waals surface area contributed by atoms with E-state index in [2.05, 4.69) is 5.32 Å². The number of carbonyl (C=O) groups excluding carboxylic acids is 4. The van der Waals surface area contributed by atoms with Crippen LogP contribution in [0.25, 0.3) is 0 Å². The number of rotatable bonds is 11. The molecule has 7 nitrogen and oxygen atoms in total. The summed E-state index contributed by atoms with van der Waals surface area (Å²) in [5.41, 5.74) is 2.71. The van der Waals surface area contributed by atoms with E-state index in [4.69, 9.17) is 0 Å². The molecule has 3 aromatic rings. The molecule has 2 aliphatic rings. The first-order valence-corrected chi connectivity index (χ1v) is 14.6. The van der Waals surface area contributed by atoms with E-state index in [1.807, 2.05) is 60.7 Å². The van der Waals surface area contributed by atoms with Gasteiger partial charge in [0.15, 0.2) is 0 Å². The number of nitrogens with zero attached hydrogens (tertiary/aromatic N) is 2. The van der Waals surface area contributed by atoms with E-state index in [1.54, 1.807) is 29.2 Å². The summed E-state index contributed by atoms with van der Waals surface area (Å²) in [6, 6.07) is 25.7. The molecule has 1 N–H and O–H groups in total. The number of hydrogen-bond acceptors (Lipinski definition) is 4. The third-order valence-electron chi connectivity index (χ3n) is 8.07. The van der Waals surface area contributed by atoms with Gasteiger partial charge < -0.3 is 10.2 Å². The highest BCUT2D eigenvalue weighted by molar-refractivity contribution is 6.21. The van der Waals surface area contributed by atoms with Crippen molar-refractivity contribution in [1.29, 1.82) is 0 Å². The molecule has 0 bridgehead atoms. The van der Waals surface area contributed by atoms with Gasteiger partial charge in [-0.3, -0.25) is 24.1 Å². The molecule has 1 atom stereocenters. The number of nitrogens with one attached hydrogen (secondary N) is 1. The van der Waals surface area contributed by atoms with Crippen molar-refractivity contribution in [2.24, 2.45) is 0 Å². The Morgan fingerprint density at radius 3 is 1.95 bits per heavy atom. The minimum Gasteiger partial charge on any atom is -0.352 e. The van der Waals surface area contributed by atoms with Gasteiger partial charge in [0.2, 0.25) is 11.8 Å². The van der Waals surface area contributed by atoms with Crippen LogP contribution in [-0.2, 0) is 22.6 Å². The van der Waals surface area contributed by atoms with Crippen molar-refractivity contribution < 1.29 is 19.2 Å². The molecule has 1 saturated carbocycles. The number of benzene rings is 3. The molecule has 5 rings (SSSR count). The van der Waals surface area contributed by atoms with Crippen LogP contribution < -0.4 is 5.32 Å². The number of fused-ring (bicyclic) bond motifs is 1. The highest BCUT2D eigenvalue weighted by atomic mass is 16.2. The molecule has 0 radical (unpaired) electrons. The van der Waals surface area contributed by atoms with Crippen LogP contribution in [-0.4, -0.2) is 52.1 Å². The Balaban J connectivity index is 1.34. The second-order valence-corrected chi connectivity index (χ2v) is 11.0. The van der Waals surface area contributed by atoms with Crippen LogP contribution in [0, 0.1) is 0 Å². The molecule has 4 amide bonds. The summed E-state index contributed by atoms with van der Waals surface area (Å²) in [5, 5.41) is 3.25. The first-order valence-electron chi connectivity index (χ1n) is 14.6. The summed E-state index contributed by atoms with van der Waals surface area (Å²) in [4.78, 5) is 56.2. The van der Waals surface area contributed by atoms with Gasteiger partial charge in [-0.2, -0.15) is 0 Å². The number of amides is 4. The zero-order chi connectivity index (χ0) is 28.6. The van der Waals surface area contributed by atoms with Gasteiger partial charge in [0.25, 0.3) is 11.8 Å². The fourth-order valence-electron chi connectivity index (χ4n) is 5.85. The van der Waals surface area contributed by atoms with Crippen molar-refractivity contribution in [3.63, 3.8) is 0 Å². The molecule has 0 saturated heterocycles. The van der Waals surface area contributed by atoms with Gasteiger partial charge >= 0.3 is 0 Å². The molecule has 1 heterocycles. The summed E-state index contributed by atoms with van der Waals surface area (Å²) in [6.07, 6.45) is 6.12. The Labute approximate surface area is 241 Å². The Kier molecular flexibility index (Phi) is 9.24. The molecular formula is C34H37N3O4. The summed E-state index contributed by atoms with van der Waals surface area (Å²) in [7, 11) is 0. The van der Waals surface area contributed by atoms with E-state index >= 15 is 0 Å². The molecule has 0 unspecified atom stereocenters. The molecule has 1 aliphatic carbocycles. The summed E-state index contributed by atoms with van der Waals surface area (Å²) < 4.78 is 0. The Morgan fingerprint density at radius 2 is 1.34 bits per heavy atom. The van der Waals surface area contributed by atoms with Crippen molar-refractivity contribution in [1.82, 2.24) is 15.1 Å². The van der Waals surface area contributed by atoms with Crippen LogP contribution in [0.3, 0.4) is 0 Å². The monoisotopic (exact) mass is 551 g/mol. The molecule has 0 spiro atoms. The summed E-state index contributed by atoms with van der Waals surface area (Å²) in [6.45, 7) is 0.442. The Morgan fingerprint density at radius 1 is 0.780 bits per heavy atom. The molecule has 3 aromatic carbocycles. The second kappa shape index (κ2) is 13.4. The lowest BCUT2D eigenvalue weighted by Crippen LogP contribution is -2.52. The van der Waals surface area contributed by atoms with Gasteiger partial charge in [0.05, 0.1) is 11.1 Å². The van der Waals surface area contributed by atoms with Crippen LogP contribution in [0.15, 0.2) is 84.9 Å². The van der Waals surface area contributed by atoms with E-state index < -0.39 is 6.04 Å². The van der Waals surface area contributed by atoms with Crippen molar-refractivity contribution >= 4 is 23.6 Å². The number of imide groups is 1. The first kappa shape index (κ1) is 28.3. The van der Waals surface area contributed by atoms with Crippen LogP contribution >= 0.6 is 0 Å². The smallest absolute Gasteiger partial charge is 0.261 e. The topological polar surface area (TPSA) is 86.8 Å². The molecule has 7 heteroatoms.